The number of para-hydroxylation sites is 2. The van der Waals surface area contributed by atoms with Crippen LogP contribution >= 0.6 is 11.6 Å². The molecular weight excluding hydrogens is 436 g/mol. The Morgan fingerprint density at radius 3 is 2.94 bits per heavy atom. The van der Waals surface area contributed by atoms with Crippen LogP contribution < -0.4 is 5.73 Å². The molecule has 33 heavy (non-hydrogen) atoms. The molecule has 4 rings (SSSR count). The molecule has 0 radical (unpaired) electrons. The summed E-state index contributed by atoms with van der Waals surface area (Å²) in [5.74, 6) is 1.42. The van der Waals surface area contributed by atoms with Gasteiger partial charge in [0, 0.05) is 56.8 Å². The van der Waals surface area contributed by atoms with E-state index in [-0.39, 0.29) is 17.9 Å². The first-order valence-electron chi connectivity index (χ1n) is 11.8. The molecule has 6 nitrogen and oxygen atoms in total. The summed E-state index contributed by atoms with van der Waals surface area (Å²) in [6.07, 6.45) is 3.91. The van der Waals surface area contributed by atoms with Crippen molar-refractivity contribution in [2.45, 2.75) is 50.6 Å². The Morgan fingerprint density at radius 1 is 1.27 bits per heavy atom. The van der Waals surface area contributed by atoms with Crippen LogP contribution in [0.25, 0.3) is 11.0 Å². The smallest absolute Gasteiger partial charge is 0.224 e. The quantitative estimate of drug-likeness (QED) is 0.472. The van der Waals surface area contributed by atoms with Crippen molar-refractivity contribution >= 4 is 28.5 Å². The monoisotopic (exact) mass is 468 g/mol. The van der Waals surface area contributed by atoms with Crippen molar-refractivity contribution in [3.63, 3.8) is 0 Å². The minimum absolute atomic E-state index is 0.122. The molecule has 7 heteroatoms. The van der Waals surface area contributed by atoms with Gasteiger partial charge in [0.15, 0.2) is 0 Å². The molecule has 1 aliphatic heterocycles. The highest BCUT2D eigenvalue weighted by atomic mass is 35.5. The van der Waals surface area contributed by atoms with E-state index in [0.717, 1.165) is 54.8 Å². The van der Waals surface area contributed by atoms with Crippen LogP contribution in [-0.2, 0) is 22.5 Å². The SMILES string of the molecule is COCCCn1c(C2CCCN(C(=O)CC(N)Cc3cccc(Cl)c3)C2)nc2ccccc21. The van der Waals surface area contributed by atoms with Crippen molar-refractivity contribution in [2.75, 3.05) is 26.8 Å². The van der Waals surface area contributed by atoms with E-state index in [1.165, 1.54) is 0 Å². The molecule has 1 saturated heterocycles. The van der Waals surface area contributed by atoms with Crippen molar-refractivity contribution in [3.8, 4) is 0 Å². The Hall–Kier alpha value is -2.41. The lowest BCUT2D eigenvalue weighted by Gasteiger charge is -2.33. The number of methoxy groups -OCH3 is 1. The van der Waals surface area contributed by atoms with Crippen molar-refractivity contribution in [2.24, 2.45) is 5.73 Å². The number of likely N-dealkylation sites (tertiary alicyclic amines) is 1. The Labute approximate surface area is 200 Å². The van der Waals surface area contributed by atoms with Gasteiger partial charge in [0.05, 0.1) is 11.0 Å². The molecule has 2 atom stereocenters. The molecule has 0 bridgehead atoms. The van der Waals surface area contributed by atoms with Gasteiger partial charge in [-0.25, -0.2) is 4.98 Å². The Balaban J connectivity index is 1.44. The Kier molecular flexibility index (Phi) is 8.02. The number of piperidine rings is 1. The lowest BCUT2D eigenvalue weighted by Crippen LogP contribution is -2.42. The summed E-state index contributed by atoms with van der Waals surface area (Å²) in [6.45, 7) is 3.05. The molecule has 2 unspecified atom stereocenters. The van der Waals surface area contributed by atoms with Crippen molar-refractivity contribution in [3.05, 3.63) is 64.9 Å². The van der Waals surface area contributed by atoms with Gasteiger partial charge in [0.1, 0.15) is 5.82 Å². The third-order valence-electron chi connectivity index (χ3n) is 6.38. The third kappa shape index (κ3) is 5.94. The molecular formula is C26H33ClN4O2. The summed E-state index contributed by atoms with van der Waals surface area (Å²) in [5.41, 5.74) is 9.55. The number of rotatable bonds is 9. The number of aromatic nitrogens is 2. The number of halogens is 1. The minimum Gasteiger partial charge on any atom is -0.385 e. The van der Waals surface area contributed by atoms with E-state index in [0.29, 0.717) is 31.0 Å². The van der Waals surface area contributed by atoms with Gasteiger partial charge in [-0.15, -0.1) is 0 Å². The van der Waals surface area contributed by atoms with Gasteiger partial charge in [0.2, 0.25) is 5.91 Å². The standard InChI is InChI=1S/C26H33ClN4O2/c1-33-14-6-13-31-24-11-3-2-10-23(24)29-26(31)20-8-5-12-30(18-20)25(32)17-22(28)16-19-7-4-9-21(27)15-19/h2-4,7,9-11,15,20,22H,5-6,8,12-14,16-18,28H2,1H3. The van der Waals surface area contributed by atoms with Crippen molar-refractivity contribution < 1.29 is 9.53 Å². The van der Waals surface area contributed by atoms with Gasteiger partial charge >= 0.3 is 0 Å². The molecule has 2 aromatic carbocycles. The van der Waals surface area contributed by atoms with E-state index in [1.807, 2.05) is 35.2 Å². The average Bonchev–Trinajstić information content (AvgIpc) is 3.18. The zero-order valence-corrected chi connectivity index (χ0v) is 20.0. The maximum Gasteiger partial charge on any atom is 0.224 e. The fourth-order valence-electron chi connectivity index (χ4n) is 4.81. The molecule has 1 aromatic heterocycles. The number of hydrogen-bond donors (Lipinski definition) is 1. The molecule has 1 amide bonds. The van der Waals surface area contributed by atoms with E-state index in [1.54, 1.807) is 7.11 Å². The zero-order valence-electron chi connectivity index (χ0n) is 19.3. The fourth-order valence-corrected chi connectivity index (χ4v) is 5.03. The maximum absolute atomic E-state index is 13.1. The number of aryl methyl sites for hydroxylation is 1. The first-order valence-corrected chi connectivity index (χ1v) is 12.1. The number of amides is 1. The second kappa shape index (κ2) is 11.1. The predicted molar refractivity (Wildman–Crippen MR) is 133 cm³/mol. The summed E-state index contributed by atoms with van der Waals surface area (Å²) >= 11 is 6.08. The highest BCUT2D eigenvalue weighted by molar-refractivity contribution is 6.30. The van der Waals surface area contributed by atoms with Crippen LogP contribution in [0.1, 0.15) is 43.0 Å². The zero-order chi connectivity index (χ0) is 23.2. The van der Waals surface area contributed by atoms with Crippen molar-refractivity contribution in [1.82, 2.24) is 14.5 Å². The average molecular weight is 469 g/mol. The highest BCUT2D eigenvalue weighted by Gasteiger charge is 2.29. The Morgan fingerprint density at radius 2 is 2.12 bits per heavy atom. The molecule has 176 valence electrons. The van der Waals surface area contributed by atoms with E-state index in [9.17, 15) is 4.79 Å². The topological polar surface area (TPSA) is 73.4 Å². The Bertz CT molecular complexity index is 1080. The van der Waals surface area contributed by atoms with Crippen LogP contribution in [0.3, 0.4) is 0 Å². The highest BCUT2D eigenvalue weighted by Crippen LogP contribution is 2.30. The lowest BCUT2D eigenvalue weighted by atomic mass is 9.96. The molecule has 1 aliphatic rings. The number of benzene rings is 2. The van der Waals surface area contributed by atoms with Gasteiger partial charge < -0.3 is 19.9 Å². The number of fused-ring (bicyclic) bond motifs is 1. The number of hydrogen-bond acceptors (Lipinski definition) is 4. The normalized spacial score (nSPS) is 17.4. The van der Waals surface area contributed by atoms with E-state index < -0.39 is 0 Å². The number of nitrogens with two attached hydrogens (primary N) is 1. The summed E-state index contributed by atoms with van der Waals surface area (Å²) in [5, 5.41) is 0.693. The van der Waals surface area contributed by atoms with Gasteiger partial charge in [-0.05, 0) is 55.5 Å². The second-order valence-electron chi connectivity index (χ2n) is 8.93. The van der Waals surface area contributed by atoms with Gasteiger partial charge in [-0.2, -0.15) is 0 Å². The van der Waals surface area contributed by atoms with E-state index in [4.69, 9.17) is 27.1 Å². The van der Waals surface area contributed by atoms with E-state index >= 15 is 0 Å². The van der Waals surface area contributed by atoms with E-state index in [2.05, 4.69) is 22.8 Å². The molecule has 2 heterocycles. The number of carbonyl (C=O) groups excluding carboxylic acids is 1. The van der Waals surface area contributed by atoms with Crippen molar-refractivity contribution in [1.29, 1.82) is 0 Å². The van der Waals surface area contributed by atoms with Gasteiger partial charge in [0.25, 0.3) is 0 Å². The van der Waals surface area contributed by atoms with Crippen LogP contribution in [0.2, 0.25) is 5.02 Å². The molecule has 0 aliphatic carbocycles. The van der Waals surface area contributed by atoms with Gasteiger partial charge in [-0.3, -0.25) is 4.79 Å². The van der Waals surface area contributed by atoms with Crippen LogP contribution in [0.15, 0.2) is 48.5 Å². The summed E-state index contributed by atoms with van der Waals surface area (Å²) in [4.78, 5) is 20.0. The summed E-state index contributed by atoms with van der Waals surface area (Å²) in [7, 11) is 1.73. The van der Waals surface area contributed by atoms with Crippen LogP contribution in [0, 0.1) is 0 Å². The number of imidazole rings is 1. The first kappa shape index (κ1) is 23.7. The first-order chi connectivity index (χ1) is 16.0. The second-order valence-corrected chi connectivity index (χ2v) is 9.37. The fraction of sp³-hybridized carbons (Fsp3) is 0.462. The number of nitrogens with zero attached hydrogens (tertiary/aromatic N) is 3. The van der Waals surface area contributed by atoms with Crippen LogP contribution in [-0.4, -0.2) is 53.2 Å². The third-order valence-corrected chi connectivity index (χ3v) is 6.61. The molecule has 3 aromatic rings. The number of carbonyl (C=O) groups is 1. The summed E-state index contributed by atoms with van der Waals surface area (Å²) in [6, 6.07) is 15.7. The minimum atomic E-state index is -0.227. The number of ether oxygens (including phenoxy) is 1. The molecule has 0 saturated carbocycles. The largest absolute Gasteiger partial charge is 0.385 e. The summed E-state index contributed by atoms with van der Waals surface area (Å²) < 4.78 is 7.58. The lowest BCUT2D eigenvalue weighted by molar-refractivity contribution is -0.132. The molecule has 1 fully saturated rings. The maximum atomic E-state index is 13.1. The van der Waals surface area contributed by atoms with Gasteiger partial charge in [-0.1, -0.05) is 35.9 Å². The molecule has 0 spiro atoms. The van der Waals surface area contributed by atoms with Crippen LogP contribution in [0.4, 0.5) is 0 Å². The molecule has 2 N–H and O–H groups in total. The predicted octanol–water partition coefficient (Wildman–Crippen LogP) is 4.39. The van der Waals surface area contributed by atoms with Crippen LogP contribution in [0.5, 0.6) is 0 Å².